The summed E-state index contributed by atoms with van der Waals surface area (Å²) >= 11 is 0.992. The van der Waals surface area contributed by atoms with Crippen LogP contribution in [0, 0.1) is 0 Å². The van der Waals surface area contributed by atoms with Crippen LogP contribution in [-0.2, 0) is 16.4 Å². The van der Waals surface area contributed by atoms with Crippen molar-refractivity contribution in [2.45, 2.75) is 36.9 Å². The van der Waals surface area contributed by atoms with E-state index in [0.29, 0.717) is 4.96 Å². The molecule has 94 valence electrons. The van der Waals surface area contributed by atoms with Crippen LogP contribution in [0.3, 0.4) is 0 Å². The van der Waals surface area contributed by atoms with Gasteiger partial charge in [-0.3, -0.25) is 0 Å². The van der Waals surface area contributed by atoms with Crippen molar-refractivity contribution in [1.29, 1.82) is 0 Å². The fourth-order valence-electron chi connectivity index (χ4n) is 1.56. The highest BCUT2D eigenvalue weighted by Crippen LogP contribution is 2.19. The van der Waals surface area contributed by atoms with Crippen molar-refractivity contribution < 1.29 is 8.42 Å². The maximum absolute atomic E-state index is 11.2. The summed E-state index contributed by atoms with van der Waals surface area (Å²) in [6.07, 6.45) is 5.91. The zero-order valence-corrected chi connectivity index (χ0v) is 11.1. The van der Waals surface area contributed by atoms with E-state index in [9.17, 15) is 8.42 Å². The first-order valence-electron chi connectivity index (χ1n) is 5.38. The van der Waals surface area contributed by atoms with Gasteiger partial charge in [-0.1, -0.05) is 31.1 Å². The van der Waals surface area contributed by atoms with Crippen LogP contribution in [0.2, 0.25) is 0 Å². The maximum Gasteiger partial charge on any atom is 0.267 e. The molecule has 0 radical (unpaired) electrons. The Hall–Kier alpha value is -0.990. The molecule has 0 atom stereocenters. The number of nitrogens with two attached hydrogens (primary N) is 1. The highest BCUT2D eigenvalue weighted by molar-refractivity contribution is 7.91. The van der Waals surface area contributed by atoms with Gasteiger partial charge in [-0.15, -0.1) is 5.10 Å². The molecule has 2 rings (SSSR count). The van der Waals surface area contributed by atoms with E-state index in [4.69, 9.17) is 5.14 Å². The summed E-state index contributed by atoms with van der Waals surface area (Å²) in [7, 11) is -3.73. The van der Waals surface area contributed by atoms with E-state index in [2.05, 4.69) is 17.0 Å². The third-order valence-corrected chi connectivity index (χ3v) is 4.65. The van der Waals surface area contributed by atoms with Crippen LogP contribution in [0.15, 0.2) is 10.5 Å². The van der Waals surface area contributed by atoms with Crippen LogP contribution in [-0.4, -0.2) is 23.0 Å². The van der Waals surface area contributed by atoms with Crippen molar-refractivity contribution in [2.75, 3.05) is 0 Å². The topological polar surface area (TPSA) is 90.3 Å². The van der Waals surface area contributed by atoms with Crippen LogP contribution >= 0.6 is 11.3 Å². The average molecular weight is 274 g/mol. The number of nitrogens with zero attached hydrogens (tertiary/aromatic N) is 3. The summed E-state index contributed by atoms with van der Waals surface area (Å²) in [5.41, 5.74) is 0.930. The quantitative estimate of drug-likeness (QED) is 0.829. The normalized spacial score (nSPS) is 12.4. The highest BCUT2D eigenvalue weighted by atomic mass is 32.2. The Morgan fingerprint density at radius 3 is 2.88 bits per heavy atom. The number of sulfonamides is 1. The minimum Gasteiger partial charge on any atom is -0.226 e. The van der Waals surface area contributed by atoms with E-state index in [1.807, 2.05) is 0 Å². The molecule has 0 aromatic carbocycles. The lowest BCUT2D eigenvalue weighted by atomic mass is 10.2. The lowest BCUT2D eigenvalue weighted by molar-refractivity contribution is 0.594. The second-order valence-corrected chi connectivity index (χ2v) is 6.51. The summed E-state index contributed by atoms with van der Waals surface area (Å²) in [5, 5.41) is 9.01. The van der Waals surface area contributed by atoms with Gasteiger partial charge in [0, 0.05) is 0 Å². The summed E-state index contributed by atoms with van der Waals surface area (Å²) in [6.45, 7) is 2.13. The predicted octanol–water partition coefficient (Wildman–Crippen LogP) is 1.17. The molecular weight excluding hydrogens is 260 g/mol. The van der Waals surface area contributed by atoms with Crippen LogP contribution < -0.4 is 5.14 Å². The number of fused-ring (bicyclic) bond motifs is 1. The molecule has 6 nitrogen and oxygen atoms in total. The number of aryl methyl sites for hydroxylation is 1. The van der Waals surface area contributed by atoms with Crippen LogP contribution in [0.4, 0.5) is 0 Å². The van der Waals surface area contributed by atoms with E-state index >= 15 is 0 Å². The van der Waals surface area contributed by atoms with Gasteiger partial charge >= 0.3 is 0 Å². The predicted molar refractivity (Wildman–Crippen MR) is 65.5 cm³/mol. The van der Waals surface area contributed by atoms with Gasteiger partial charge in [0.05, 0.1) is 11.9 Å². The minimum absolute atomic E-state index is 0.0858. The molecule has 2 aromatic heterocycles. The molecule has 2 N–H and O–H groups in total. The molecule has 0 saturated heterocycles. The molecule has 8 heteroatoms. The standard InChI is InChI=1S/C9H14N4O2S2/c1-2-3-4-5-7-6-11-8-13(7)12-9(16-8)17(10,14)15/h6H,2-5H2,1H3,(H2,10,14,15). The summed E-state index contributed by atoms with van der Waals surface area (Å²) < 4.78 is 23.8. The van der Waals surface area contributed by atoms with Crippen LogP contribution in [0.25, 0.3) is 4.96 Å². The van der Waals surface area contributed by atoms with Crippen molar-refractivity contribution >= 4 is 26.3 Å². The minimum atomic E-state index is -3.73. The smallest absolute Gasteiger partial charge is 0.226 e. The summed E-state index contributed by atoms with van der Waals surface area (Å²) in [6, 6.07) is 0. The molecular formula is C9H14N4O2S2. The van der Waals surface area contributed by atoms with Crippen LogP contribution in [0.1, 0.15) is 31.9 Å². The zero-order chi connectivity index (χ0) is 12.5. The summed E-state index contributed by atoms with van der Waals surface area (Å²) in [5.74, 6) is 0. The Labute approximate surface area is 104 Å². The van der Waals surface area contributed by atoms with Crippen LogP contribution in [0.5, 0.6) is 0 Å². The molecule has 0 saturated carbocycles. The lowest BCUT2D eigenvalue weighted by Gasteiger charge is -1.96. The monoisotopic (exact) mass is 274 g/mol. The van der Waals surface area contributed by atoms with Crippen molar-refractivity contribution in [1.82, 2.24) is 14.6 Å². The Kier molecular flexibility index (Phi) is 3.45. The fourth-order valence-corrected chi connectivity index (χ4v) is 3.07. The number of imidazole rings is 1. The third kappa shape index (κ3) is 2.64. The highest BCUT2D eigenvalue weighted by Gasteiger charge is 2.17. The molecule has 0 aliphatic heterocycles. The molecule has 17 heavy (non-hydrogen) atoms. The molecule has 2 aromatic rings. The zero-order valence-electron chi connectivity index (χ0n) is 9.46. The third-order valence-electron chi connectivity index (χ3n) is 2.42. The molecule has 2 heterocycles. The molecule has 0 fully saturated rings. The van der Waals surface area contributed by atoms with Crippen molar-refractivity contribution in [3.05, 3.63) is 11.9 Å². The molecule has 0 bridgehead atoms. The first-order chi connectivity index (χ1) is 8.02. The van der Waals surface area contributed by atoms with E-state index in [0.717, 1.165) is 42.7 Å². The number of primary sulfonamides is 1. The second kappa shape index (κ2) is 4.71. The van der Waals surface area contributed by atoms with Gasteiger partial charge in [0.1, 0.15) is 0 Å². The van der Waals surface area contributed by atoms with Crippen molar-refractivity contribution in [3.8, 4) is 0 Å². The lowest BCUT2D eigenvalue weighted by Crippen LogP contribution is -2.12. The van der Waals surface area contributed by atoms with Gasteiger partial charge in [0.2, 0.25) is 9.30 Å². The van der Waals surface area contributed by atoms with E-state index in [1.165, 1.54) is 0 Å². The largest absolute Gasteiger partial charge is 0.267 e. The Balaban J connectivity index is 2.30. The second-order valence-electron chi connectivity index (χ2n) is 3.81. The van der Waals surface area contributed by atoms with Crippen molar-refractivity contribution in [3.63, 3.8) is 0 Å². The molecule has 0 amide bonds. The van der Waals surface area contributed by atoms with Gasteiger partial charge in [-0.05, 0) is 12.8 Å². The number of aromatic nitrogens is 3. The van der Waals surface area contributed by atoms with E-state index < -0.39 is 10.0 Å². The first-order valence-corrected chi connectivity index (χ1v) is 7.75. The average Bonchev–Trinajstić information content (AvgIpc) is 2.78. The molecule has 0 unspecified atom stereocenters. The maximum atomic E-state index is 11.2. The SMILES string of the molecule is CCCCCc1cnc2sc(S(N)(=O)=O)nn12. The number of unbranched alkanes of at least 4 members (excludes halogenated alkanes) is 2. The Morgan fingerprint density at radius 2 is 2.24 bits per heavy atom. The number of hydrogen-bond donors (Lipinski definition) is 1. The number of rotatable bonds is 5. The van der Waals surface area contributed by atoms with Gasteiger partial charge in [0.25, 0.3) is 10.0 Å². The number of hydrogen-bond acceptors (Lipinski definition) is 5. The fraction of sp³-hybridized carbons (Fsp3) is 0.556. The first kappa shape index (κ1) is 12.5. The van der Waals surface area contributed by atoms with Gasteiger partial charge < -0.3 is 0 Å². The molecule has 0 spiro atoms. The van der Waals surface area contributed by atoms with E-state index in [1.54, 1.807) is 10.7 Å². The molecule has 0 aliphatic rings. The van der Waals surface area contributed by atoms with Gasteiger partial charge in [0.15, 0.2) is 0 Å². The Bertz CT molecular complexity index is 614. The van der Waals surface area contributed by atoms with E-state index in [-0.39, 0.29) is 4.34 Å². The van der Waals surface area contributed by atoms with Crippen molar-refractivity contribution in [2.24, 2.45) is 5.14 Å². The van der Waals surface area contributed by atoms with Gasteiger partial charge in [-0.25, -0.2) is 23.1 Å². The summed E-state index contributed by atoms with van der Waals surface area (Å²) in [4.78, 5) is 4.70. The molecule has 0 aliphatic carbocycles. The van der Waals surface area contributed by atoms with Gasteiger partial charge in [-0.2, -0.15) is 0 Å². The Morgan fingerprint density at radius 1 is 1.47 bits per heavy atom.